The Morgan fingerprint density at radius 1 is 0.857 bits per heavy atom. The first kappa shape index (κ1) is 24.2. The van der Waals surface area contributed by atoms with Crippen molar-refractivity contribution in [1.29, 1.82) is 0 Å². The van der Waals surface area contributed by atoms with Crippen LogP contribution < -0.4 is 0 Å². The maximum absolute atomic E-state index is 13.8. The molecular formula is C35H29N3O4. The number of Topliss-reactive ketones (excluding diaryl/α,β-unsaturated/α-hetero) is 1. The molecule has 2 bridgehead atoms. The topological polar surface area (TPSA) is 65.7 Å². The van der Waals surface area contributed by atoms with Gasteiger partial charge in [0.1, 0.15) is 12.3 Å². The van der Waals surface area contributed by atoms with Gasteiger partial charge >= 0.3 is 0 Å². The molecular weight excluding hydrogens is 526 g/mol. The summed E-state index contributed by atoms with van der Waals surface area (Å²) in [5.74, 6) is 0.161. The molecule has 7 nitrogen and oxygen atoms in total. The van der Waals surface area contributed by atoms with Crippen molar-refractivity contribution in [3.63, 3.8) is 0 Å². The molecule has 1 unspecified atom stereocenters. The average Bonchev–Trinajstić information content (AvgIpc) is 3.67. The van der Waals surface area contributed by atoms with Gasteiger partial charge in [-0.3, -0.25) is 9.59 Å². The number of aryl methyl sites for hydroxylation is 1. The number of methoxy groups -OCH3 is 1. The average molecular weight is 556 g/mol. The van der Waals surface area contributed by atoms with Crippen molar-refractivity contribution in [2.75, 3.05) is 14.2 Å². The van der Waals surface area contributed by atoms with Crippen LogP contribution in [0.3, 0.4) is 0 Å². The number of amides is 1. The number of ether oxygens (including phenoxy) is 2. The maximum Gasteiger partial charge on any atom is 0.253 e. The monoisotopic (exact) mass is 555 g/mol. The molecule has 4 aromatic carbocycles. The van der Waals surface area contributed by atoms with Crippen LogP contribution in [0.2, 0.25) is 0 Å². The van der Waals surface area contributed by atoms with Gasteiger partial charge in [0.25, 0.3) is 5.91 Å². The minimum atomic E-state index is -0.482. The summed E-state index contributed by atoms with van der Waals surface area (Å²) in [6.45, 7) is 0. The number of likely N-dealkylation sites (N-methyl/N-ethyl adjacent to an activating group) is 1. The summed E-state index contributed by atoms with van der Waals surface area (Å²) in [7, 11) is 3.58. The zero-order valence-electron chi connectivity index (χ0n) is 23.4. The number of aromatic nitrogens is 2. The van der Waals surface area contributed by atoms with Gasteiger partial charge in [0.05, 0.1) is 28.1 Å². The maximum atomic E-state index is 13.8. The van der Waals surface area contributed by atoms with Crippen LogP contribution in [0, 0.1) is 0 Å². The molecule has 1 amide bonds. The molecule has 7 heteroatoms. The summed E-state index contributed by atoms with van der Waals surface area (Å²) in [6.07, 6.45) is 0.543. The molecule has 6 aromatic rings. The number of benzene rings is 4. The summed E-state index contributed by atoms with van der Waals surface area (Å²) in [5.41, 5.74) is 6.85. The van der Waals surface area contributed by atoms with E-state index in [-0.39, 0.29) is 24.0 Å². The molecule has 4 atom stereocenters. The Morgan fingerprint density at radius 3 is 2.24 bits per heavy atom. The van der Waals surface area contributed by atoms with Crippen LogP contribution in [-0.2, 0) is 15.9 Å². The fraction of sp³-hybridized carbons (Fsp3) is 0.257. The Hall–Kier alpha value is -4.46. The van der Waals surface area contributed by atoms with Gasteiger partial charge in [-0.15, -0.1) is 0 Å². The Balaban J connectivity index is 1.40. The van der Waals surface area contributed by atoms with Crippen molar-refractivity contribution in [1.82, 2.24) is 14.0 Å². The first-order valence-corrected chi connectivity index (χ1v) is 14.6. The SMILES string of the molecule is CO[C@@H]1[C@H](N(C)C(=O)c2ccccc2)CC2O[C@@H]1n1c3ccccc3c3c4c(c5c6ccccc6n2c5c31)C(=O)CC4. The second-order valence-corrected chi connectivity index (χ2v) is 11.8. The van der Waals surface area contributed by atoms with E-state index in [1.54, 1.807) is 7.11 Å². The number of nitrogens with zero attached hydrogens (tertiary/aromatic N) is 3. The molecule has 208 valence electrons. The van der Waals surface area contributed by atoms with E-state index in [2.05, 4.69) is 45.5 Å². The Bertz CT molecular complexity index is 2120. The highest BCUT2D eigenvalue weighted by Gasteiger charge is 2.48. The van der Waals surface area contributed by atoms with Crippen molar-refractivity contribution < 1.29 is 19.1 Å². The highest BCUT2D eigenvalue weighted by molar-refractivity contribution is 6.31. The molecule has 4 heterocycles. The van der Waals surface area contributed by atoms with Crippen LogP contribution in [0.4, 0.5) is 0 Å². The third-order valence-electron chi connectivity index (χ3n) is 9.83. The summed E-state index contributed by atoms with van der Waals surface area (Å²) < 4.78 is 17.9. The van der Waals surface area contributed by atoms with E-state index >= 15 is 0 Å². The standard InChI is InChI=1S/C35H29N3O4/c1-36(34(40)19-10-4-3-5-11-19)25-18-27-37-23-14-8-7-13-21(23)30-29-22(16-17-26(29)39)28-20-12-6-9-15-24(20)38(31(28)32(30)37)35(42-27)33(25)41-2/h3-15,25,27,33,35H,16-18H2,1-2H3/t25-,27?,33-,35+/m1/s1. The Kier molecular flexibility index (Phi) is 4.91. The van der Waals surface area contributed by atoms with Gasteiger partial charge in [-0.05, 0) is 36.2 Å². The van der Waals surface area contributed by atoms with Crippen molar-refractivity contribution in [2.45, 2.75) is 43.9 Å². The number of ketones is 1. The number of carbonyl (C=O) groups is 2. The second kappa shape index (κ2) is 8.53. The molecule has 1 aliphatic carbocycles. The van der Waals surface area contributed by atoms with E-state index in [1.807, 2.05) is 54.4 Å². The highest BCUT2D eigenvalue weighted by atomic mass is 16.6. The zero-order chi connectivity index (χ0) is 28.3. The highest BCUT2D eigenvalue weighted by Crippen LogP contribution is 2.53. The third-order valence-corrected chi connectivity index (χ3v) is 9.83. The molecule has 0 radical (unpaired) electrons. The van der Waals surface area contributed by atoms with Gasteiger partial charge in [-0.25, -0.2) is 0 Å². The number of hydrogen-bond acceptors (Lipinski definition) is 4. The van der Waals surface area contributed by atoms with Crippen molar-refractivity contribution >= 4 is 55.3 Å². The number of para-hydroxylation sites is 2. The number of carbonyl (C=O) groups excluding carboxylic acids is 2. The summed E-state index contributed by atoms with van der Waals surface area (Å²) in [6, 6.07) is 25.9. The second-order valence-electron chi connectivity index (χ2n) is 11.8. The molecule has 9 rings (SSSR count). The minimum Gasteiger partial charge on any atom is -0.375 e. The Morgan fingerprint density at radius 2 is 1.50 bits per heavy atom. The van der Waals surface area contributed by atoms with Crippen molar-refractivity contribution in [2.24, 2.45) is 0 Å². The molecule has 3 aliphatic rings. The Labute approximate surface area is 241 Å². The molecule has 2 aliphatic heterocycles. The summed E-state index contributed by atoms with van der Waals surface area (Å²) >= 11 is 0. The van der Waals surface area contributed by atoms with E-state index in [9.17, 15) is 9.59 Å². The van der Waals surface area contributed by atoms with Crippen LogP contribution in [0.5, 0.6) is 0 Å². The van der Waals surface area contributed by atoms with Crippen LogP contribution in [0.15, 0.2) is 78.9 Å². The third kappa shape index (κ3) is 2.92. The van der Waals surface area contributed by atoms with Gasteiger partial charge in [-0.1, -0.05) is 54.6 Å². The predicted molar refractivity (Wildman–Crippen MR) is 162 cm³/mol. The minimum absolute atomic E-state index is 0.0478. The lowest BCUT2D eigenvalue weighted by Crippen LogP contribution is -2.53. The lowest BCUT2D eigenvalue weighted by Gasteiger charge is -2.44. The van der Waals surface area contributed by atoms with Gasteiger partial charge in [0.2, 0.25) is 0 Å². The van der Waals surface area contributed by atoms with E-state index in [0.29, 0.717) is 18.4 Å². The first-order chi connectivity index (χ1) is 20.6. The largest absolute Gasteiger partial charge is 0.375 e. The lowest BCUT2D eigenvalue weighted by atomic mass is 9.97. The molecule has 2 aromatic heterocycles. The van der Waals surface area contributed by atoms with Crippen LogP contribution in [0.1, 0.15) is 51.6 Å². The number of fused-ring (bicyclic) bond motifs is 13. The number of rotatable bonds is 3. The smallest absolute Gasteiger partial charge is 0.253 e. The van der Waals surface area contributed by atoms with E-state index in [4.69, 9.17) is 9.47 Å². The van der Waals surface area contributed by atoms with Crippen LogP contribution in [-0.4, -0.2) is 52.0 Å². The van der Waals surface area contributed by atoms with Crippen LogP contribution in [0.25, 0.3) is 43.6 Å². The molecule has 0 N–H and O–H groups in total. The van der Waals surface area contributed by atoms with Crippen molar-refractivity contribution in [3.05, 3.63) is 95.6 Å². The molecule has 0 spiro atoms. The normalized spacial score (nSPS) is 22.9. The first-order valence-electron chi connectivity index (χ1n) is 14.6. The quantitative estimate of drug-likeness (QED) is 0.246. The van der Waals surface area contributed by atoms with Gasteiger partial charge < -0.3 is 23.5 Å². The molecule has 42 heavy (non-hydrogen) atoms. The number of hydrogen-bond donors (Lipinski definition) is 0. The zero-order valence-corrected chi connectivity index (χ0v) is 23.4. The van der Waals surface area contributed by atoms with Gasteiger partial charge in [-0.2, -0.15) is 0 Å². The van der Waals surface area contributed by atoms with Crippen molar-refractivity contribution in [3.8, 4) is 0 Å². The summed E-state index contributed by atoms with van der Waals surface area (Å²) in [5, 5.41) is 4.35. The van der Waals surface area contributed by atoms with Crippen LogP contribution >= 0.6 is 0 Å². The predicted octanol–water partition coefficient (Wildman–Crippen LogP) is 6.62. The van der Waals surface area contributed by atoms with E-state index in [0.717, 1.165) is 61.2 Å². The fourth-order valence-electron chi connectivity index (χ4n) is 8.10. The molecule has 1 fully saturated rings. The summed E-state index contributed by atoms with van der Waals surface area (Å²) in [4.78, 5) is 29.2. The molecule has 0 saturated carbocycles. The van der Waals surface area contributed by atoms with Gasteiger partial charge in [0, 0.05) is 59.7 Å². The fourth-order valence-corrected chi connectivity index (χ4v) is 8.10. The van der Waals surface area contributed by atoms with Gasteiger partial charge in [0.15, 0.2) is 12.0 Å². The molecule has 1 saturated heterocycles. The van der Waals surface area contributed by atoms with E-state index < -0.39 is 12.3 Å². The lowest BCUT2D eigenvalue weighted by molar-refractivity contribution is -0.203. The van der Waals surface area contributed by atoms with E-state index in [1.165, 1.54) is 0 Å².